The molecule has 1 aromatic carbocycles. The fourth-order valence-electron chi connectivity index (χ4n) is 2.57. The molecule has 1 aliphatic rings. The van der Waals surface area contributed by atoms with Gasteiger partial charge in [0.25, 0.3) is 0 Å². The monoisotopic (exact) mass is 296 g/mol. The third-order valence-corrected chi connectivity index (χ3v) is 5.86. The van der Waals surface area contributed by atoms with E-state index in [-0.39, 0.29) is 11.8 Å². The molecule has 1 aliphatic heterocycles. The number of benzene rings is 1. The van der Waals surface area contributed by atoms with Gasteiger partial charge in [0, 0.05) is 19.6 Å². The SMILES string of the molecule is Cc1ccccc1CN(C)S(=O)(=O)CC1CCCCN1. The second-order valence-corrected chi connectivity index (χ2v) is 7.73. The number of nitrogens with one attached hydrogen (secondary N) is 1. The van der Waals surface area contributed by atoms with E-state index >= 15 is 0 Å². The van der Waals surface area contributed by atoms with Crippen molar-refractivity contribution in [1.29, 1.82) is 0 Å². The van der Waals surface area contributed by atoms with Gasteiger partial charge in [0.1, 0.15) is 0 Å². The summed E-state index contributed by atoms with van der Waals surface area (Å²) in [7, 11) is -1.53. The zero-order chi connectivity index (χ0) is 14.6. The molecule has 5 heteroatoms. The molecule has 0 bridgehead atoms. The van der Waals surface area contributed by atoms with Crippen LogP contribution in [0.2, 0.25) is 0 Å². The van der Waals surface area contributed by atoms with Gasteiger partial charge in [-0.05, 0) is 37.4 Å². The van der Waals surface area contributed by atoms with Crippen LogP contribution in [0.3, 0.4) is 0 Å². The lowest BCUT2D eigenvalue weighted by atomic mass is 10.1. The molecule has 0 amide bonds. The Morgan fingerprint density at radius 3 is 2.70 bits per heavy atom. The van der Waals surface area contributed by atoms with Crippen LogP contribution >= 0.6 is 0 Å². The summed E-state index contributed by atoms with van der Waals surface area (Å²) in [4.78, 5) is 0. The van der Waals surface area contributed by atoms with Crippen molar-refractivity contribution in [2.45, 2.75) is 38.8 Å². The van der Waals surface area contributed by atoms with Crippen LogP contribution in [0.4, 0.5) is 0 Å². The minimum absolute atomic E-state index is 0.105. The number of hydrogen-bond acceptors (Lipinski definition) is 3. The van der Waals surface area contributed by atoms with Crippen LogP contribution in [0.25, 0.3) is 0 Å². The first-order chi connectivity index (χ1) is 9.49. The molecule has 20 heavy (non-hydrogen) atoms. The third-order valence-electron chi connectivity index (χ3n) is 3.95. The minimum atomic E-state index is -3.20. The summed E-state index contributed by atoms with van der Waals surface area (Å²) in [6.45, 7) is 3.39. The first-order valence-corrected chi connectivity index (χ1v) is 8.82. The molecule has 4 nitrogen and oxygen atoms in total. The highest BCUT2D eigenvalue weighted by Gasteiger charge is 2.24. The van der Waals surface area contributed by atoms with Crippen LogP contribution in [-0.2, 0) is 16.6 Å². The molecule has 0 aliphatic carbocycles. The maximum atomic E-state index is 12.4. The van der Waals surface area contributed by atoms with Crippen molar-refractivity contribution < 1.29 is 8.42 Å². The van der Waals surface area contributed by atoms with Crippen LogP contribution in [0.15, 0.2) is 24.3 Å². The topological polar surface area (TPSA) is 49.4 Å². The molecule has 0 aromatic heterocycles. The molecule has 1 aromatic rings. The highest BCUT2D eigenvalue weighted by molar-refractivity contribution is 7.89. The Morgan fingerprint density at radius 2 is 2.05 bits per heavy atom. The summed E-state index contributed by atoms with van der Waals surface area (Å²) >= 11 is 0. The van der Waals surface area contributed by atoms with E-state index in [2.05, 4.69) is 5.32 Å². The van der Waals surface area contributed by atoms with E-state index in [0.717, 1.165) is 36.9 Å². The molecule has 0 spiro atoms. The highest BCUT2D eigenvalue weighted by Crippen LogP contribution is 2.15. The fourth-order valence-corrected chi connectivity index (χ4v) is 3.96. The number of piperidine rings is 1. The summed E-state index contributed by atoms with van der Waals surface area (Å²) in [6.07, 6.45) is 3.22. The molecule has 112 valence electrons. The molecule has 1 heterocycles. The van der Waals surface area contributed by atoms with Crippen LogP contribution in [-0.4, -0.2) is 38.1 Å². The van der Waals surface area contributed by atoms with Gasteiger partial charge in [0.15, 0.2) is 0 Å². The van der Waals surface area contributed by atoms with Crippen molar-refractivity contribution in [3.63, 3.8) is 0 Å². The van der Waals surface area contributed by atoms with Crippen LogP contribution in [0.5, 0.6) is 0 Å². The second kappa shape index (κ2) is 6.70. The van der Waals surface area contributed by atoms with Gasteiger partial charge in [-0.15, -0.1) is 0 Å². The average Bonchev–Trinajstić information content (AvgIpc) is 2.42. The van der Waals surface area contributed by atoms with Crippen molar-refractivity contribution >= 4 is 10.0 Å². The first-order valence-electron chi connectivity index (χ1n) is 7.21. The van der Waals surface area contributed by atoms with Crippen molar-refractivity contribution in [1.82, 2.24) is 9.62 Å². The normalized spacial score (nSPS) is 20.2. The average molecular weight is 296 g/mol. The van der Waals surface area contributed by atoms with Gasteiger partial charge >= 0.3 is 0 Å². The smallest absolute Gasteiger partial charge is 0.215 e. The Morgan fingerprint density at radius 1 is 1.30 bits per heavy atom. The molecule has 1 N–H and O–H groups in total. The molecule has 2 rings (SSSR count). The van der Waals surface area contributed by atoms with Gasteiger partial charge in [0.2, 0.25) is 10.0 Å². The predicted octanol–water partition coefficient (Wildman–Crippen LogP) is 1.90. The van der Waals surface area contributed by atoms with E-state index in [1.54, 1.807) is 7.05 Å². The Labute approximate surface area is 122 Å². The summed E-state index contributed by atoms with van der Waals surface area (Å²) in [6, 6.07) is 8.02. The first kappa shape index (κ1) is 15.5. The Bertz CT molecular complexity index is 537. The minimum Gasteiger partial charge on any atom is -0.313 e. The van der Waals surface area contributed by atoms with E-state index in [1.807, 2.05) is 31.2 Å². The quantitative estimate of drug-likeness (QED) is 0.903. The van der Waals surface area contributed by atoms with Crippen molar-refractivity contribution in [2.24, 2.45) is 0 Å². The van der Waals surface area contributed by atoms with E-state index in [9.17, 15) is 8.42 Å². The summed E-state index contributed by atoms with van der Waals surface area (Å²) < 4.78 is 26.3. The summed E-state index contributed by atoms with van der Waals surface area (Å²) in [5.74, 6) is 0.204. The molecule has 1 atom stereocenters. The van der Waals surface area contributed by atoms with E-state index in [0.29, 0.717) is 6.54 Å². The third kappa shape index (κ3) is 4.04. The van der Waals surface area contributed by atoms with Crippen molar-refractivity contribution in [2.75, 3.05) is 19.3 Å². The fraction of sp³-hybridized carbons (Fsp3) is 0.600. The van der Waals surface area contributed by atoms with Crippen molar-refractivity contribution in [3.8, 4) is 0 Å². The number of aryl methyl sites for hydroxylation is 1. The zero-order valence-corrected chi connectivity index (χ0v) is 13.1. The number of nitrogens with zero attached hydrogens (tertiary/aromatic N) is 1. The van der Waals surface area contributed by atoms with Gasteiger partial charge in [-0.1, -0.05) is 30.7 Å². The standard InChI is InChI=1S/C15H24N2O2S/c1-13-7-3-4-8-14(13)11-17(2)20(18,19)12-15-9-5-6-10-16-15/h3-4,7-8,15-16H,5-6,9-12H2,1-2H3. The van der Waals surface area contributed by atoms with Crippen molar-refractivity contribution in [3.05, 3.63) is 35.4 Å². The molecular weight excluding hydrogens is 272 g/mol. The van der Waals surface area contributed by atoms with E-state index < -0.39 is 10.0 Å². The molecule has 1 saturated heterocycles. The van der Waals surface area contributed by atoms with Crippen LogP contribution in [0.1, 0.15) is 30.4 Å². The molecule has 0 saturated carbocycles. The number of rotatable bonds is 5. The summed E-state index contributed by atoms with van der Waals surface area (Å²) in [5, 5.41) is 3.30. The zero-order valence-electron chi connectivity index (χ0n) is 12.3. The van der Waals surface area contributed by atoms with E-state index in [1.165, 1.54) is 4.31 Å². The Balaban J connectivity index is 1.99. The van der Waals surface area contributed by atoms with Gasteiger partial charge in [-0.2, -0.15) is 0 Å². The lowest BCUT2D eigenvalue weighted by Gasteiger charge is -2.26. The molecular formula is C15H24N2O2S. The lowest BCUT2D eigenvalue weighted by molar-refractivity contribution is 0.408. The molecule has 0 radical (unpaired) electrons. The van der Waals surface area contributed by atoms with Gasteiger partial charge < -0.3 is 5.32 Å². The highest BCUT2D eigenvalue weighted by atomic mass is 32.2. The Kier molecular flexibility index (Phi) is 5.18. The second-order valence-electron chi connectivity index (χ2n) is 5.61. The van der Waals surface area contributed by atoms with Gasteiger partial charge in [0.05, 0.1) is 5.75 Å². The largest absolute Gasteiger partial charge is 0.313 e. The number of hydrogen-bond donors (Lipinski definition) is 1. The predicted molar refractivity (Wildman–Crippen MR) is 82.1 cm³/mol. The maximum absolute atomic E-state index is 12.4. The molecule has 1 unspecified atom stereocenters. The van der Waals surface area contributed by atoms with Gasteiger partial charge in [-0.25, -0.2) is 12.7 Å². The maximum Gasteiger partial charge on any atom is 0.215 e. The lowest BCUT2D eigenvalue weighted by Crippen LogP contribution is -2.43. The van der Waals surface area contributed by atoms with Gasteiger partial charge in [-0.3, -0.25) is 0 Å². The molecule has 1 fully saturated rings. The van der Waals surface area contributed by atoms with Crippen LogP contribution in [0, 0.1) is 6.92 Å². The number of sulfonamides is 1. The Hall–Kier alpha value is -0.910. The van der Waals surface area contributed by atoms with E-state index in [4.69, 9.17) is 0 Å². The summed E-state index contributed by atoms with van der Waals surface area (Å²) in [5.41, 5.74) is 2.19. The van der Waals surface area contributed by atoms with Crippen LogP contribution < -0.4 is 5.32 Å².